The lowest BCUT2D eigenvalue weighted by Crippen LogP contribution is -2.17. The summed E-state index contributed by atoms with van der Waals surface area (Å²) in [7, 11) is 0. The van der Waals surface area contributed by atoms with Crippen molar-refractivity contribution in [2.45, 2.75) is 31.8 Å². The highest BCUT2D eigenvalue weighted by atomic mass is 19.1. The van der Waals surface area contributed by atoms with Gasteiger partial charge in [-0.2, -0.15) is 0 Å². The third-order valence-corrected chi connectivity index (χ3v) is 3.17. The normalized spacial score (nSPS) is 27.2. The number of ether oxygens (including phenoxy) is 1. The lowest BCUT2D eigenvalue weighted by atomic mass is 10.2. The van der Waals surface area contributed by atoms with Crippen molar-refractivity contribution in [1.82, 2.24) is 19.5 Å². The predicted molar refractivity (Wildman–Crippen MR) is 65.0 cm³/mol. The molecule has 1 aliphatic rings. The van der Waals surface area contributed by atoms with Gasteiger partial charge in [0, 0.05) is 6.42 Å². The van der Waals surface area contributed by atoms with Crippen LogP contribution >= 0.6 is 0 Å². The predicted octanol–water partition coefficient (Wildman–Crippen LogP) is 0.335. The second-order valence-electron chi connectivity index (χ2n) is 4.56. The Morgan fingerprint density at radius 1 is 1.58 bits per heavy atom. The summed E-state index contributed by atoms with van der Waals surface area (Å²) >= 11 is 0. The first-order chi connectivity index (χ1) is 9.10. The first kappa shape index (κ1) is 12.2. The van der Waals surface area contributed by atoms with Gasteiger partial charge in [-0.3, -0.25) is 4.57 Å². The van der Waals surface area contributed by atoms with Crippen LogP contribution in [-0.2, 0) is 4.74 Å². The Hall–Kier alpha value is -1.80. The van der Waals surface area contributed by atoms with Gasteiger partial charge >= 0.3 is 0 Å². The number of nitrogens with two attached hydrogens (primary N) is 1. The summed E-state index contributed by atoms with van der Waals surface area (Å²) in [5.74, 6) is 0.743. The number of alkyl halides is 1. The van der Waals surface area contributed by atoms with Crippen LogP contribution in [0, 0.1) is 6.92 Å². The van der Waals surface area contributed by atoms with E-state index >= 15 is 0 Å². The van der Waals surface area contributed by atoms with Crippen molar-refractivity contribution in [3.63, 3.8) is 0 Å². The van der Waals surface area contributed by atoms with Crippen LogP contribution in [0.4, 0.5) is 10.2 Å². The molecule has 7 nitrogen and oxygen atoms in total. The van der Waals surface area contributed by atoms with Crippen molar-refractivity contribution in [2.75, 3.05) is 12.3 Å². The third-order valence-electron chi connectivity index (χ3n) is 3.17. The monoisotopic (exact) mass is 267 g/mol. The van der Waals surface area contributed by atoms with Crippen LogP contribution in [0.5, 0.6) is 0 Å². The lowest BCUT2D eigenvalue weighted by molar-refractivity contribution is -0.0351. The molecule has 1 aliphatic heterocycles. The molecule has 102 valence electrons. The second-order valence-corrected chi connectivity index (χ2v) is 4.56. The van der Waals surface area contributed by atoms with Crippen LogP contribution in [0.25, 0.3) is 11.2 Å². The van der Waals surface area contributed by atoms with Crippen LogP contribution in [0.1, 0.15) is 18.5 Å². The molecule has 8 heteroatoms. The van der Waals surface area contributed by atoms with E-state index in [9.17, 15) is 4.39 Å². The zero-order valence-electron chi connectivity index (χ0n) is 10.3. The number of nitrogens with zero attached hydrogens (tertiary/aromatic N) is 4. The van der Waals surface area contributed by atoms with Crippen molar-refractivity contribution in [1.29, 1.82) is 0 Å². The molecular formula is C11H14FN5O2. The SMILES string of the molecule is Cc1nc(N)c2ncn([C@@H]3O[C@H](CO)CC3F)c2n1. The summed E-state index contributed by atoms with van der Waals surface area (Å²) in [4.78, 5) is 12.3. The maximum absolute atomic E-state index is 14.0. The molecule has 0 saturated carbocycles. The number of aryl methyl sites for hydroxylation is 1. The highest BCUT2D eigenvalue weighted by Crippen LogP contribution is 2.33. The molecule has 1 fully saturated rings. The van der Waals surface area contributed by atoms with Crippen molar-refractivity contribution < 1.29 is 14.2 Å². The highest BCUT2D eigenvalue weighted by molar-refractivity contribution is 5.81. The fourth-order valence-corrected chi connectivity index (χ4v) is 2.30. The Morgan fingerprint density at radius 2 is 2.37 bits per heavy atom. The molecule has 1 unspecified atom stereocenters. The van der Waals surface area contributed by atoms with Crippen LogP contribution < -0.4 is 5.73 Å². The Morgan fingerprint density at radius 3 is 3.05 bits per heavy atom. The molecule has 0 radical (unpaired) electrons. The van der Waals surface area contributed by atoms with E-state index in [0.717, 1.165) is 0 Å². The van der Waals surface area contributed by atoms with Crippen molar-refractivity contribution >= 4 is 17.0 Å². The standard InChI is InChI=1S/C11H14FN5O2/c1-5-15-9(13)8-10(16-5)17(4-14-8)11-7(12)2-6(3-18)19-11/h4,6-7,11,18H,2-3H2,1H3,(H2,13,15,16)/t6-,7?,11+/m0/s1. The van der Waals surface area contributed by atoms with E-state index in [4.69, 9.17) is 15.6 Å². The van der Waals surface area contributed by atoms with Gasteiger partial charge in [0.2, 0.25) is 0 Å². The summed E-state index contributed by atoms with van der Waals surface area (Å²) in [5, 5.41) is 9.04. The van der Waals surface area contributed by atoms with E-state index in [1.807, 2.05) is 0 Å². The van der Waals surface area contributed by atoms with Gasteiger partial charge in [-0.15, -0.1) is 0 Å². The summed E-state index contributed by atoms with van der Waals surface area (Å²) in [6, 6.07) is 0. The Kier molecular flexibility index (Phi) is 2.83. The van der Waals surface area contributed by atoms with Crippen molar-refractivity contribution in [3.8, 4) is 0 Å². The smallest absolute Gasteiger partial charge is 0.168 e. The number of aliphatic hydroxyl groups is 1. The zero-order chi connectivity index (χ0) is 13.6. The van der Waals surface area contributed by atoms with Gasteiger partial charge in [-0.1, -0.05) is 0 Å². The number of halogens is 1. The van der Waals surface area contributed by atoms with Crippen molar-refractivity contribution in [3.05, 3.63) is 12.2 Å². The van der Waals surface area contributed by atoms with Crippen LogP contribution in [-0.4, -0.2) is 43.5 Å². The first-order valence-corrected chi connectivity index (χ1v) is 5.97. The molecule has 3 heterocycles. The third kappa shape index (κ3) is 1.92. The molecule has 3 rings (SSSR count). The zero-order valence-corrected chi connectivity index (χ0v) is 10.3. The maximum atomic E-state index is 14.0. The van der Waals surface area contributed by atoms with E-state index in [1.54, 1.807) is 6.92 Å². The van der Waals surface area contributed by atoms with Crippen LogP contribution in [0.2, 0.25) is 0 Å². The van der Waals surface area contributed by atoms with Gasteiger partial charge in [-0.05, 0) is 6.92 Å². The number of rotatable bonds is 2. The van der Waals surface area contributed by atoms with E-state index in [1.165, 1.54) is 10.9 Å². The maximum Gasteiger partial charge on any atom is 0.168 e. The van der Waals surface area contributed by atoms with E-state index in [0.29, 0.717) is 17.0 Å². The van der Waals surface area contributed by atoms with E-state index < -0.39 is 18.5 Å². The molecule has 0 aliphatic carbocycles. The van der Waals surface area contributed by atoms with Gasteiger partial charge in [0.05, 0.1) is 19.0 Å². The van der Waals surface area contributed by atoms with Gasteiger partial charge in [0.1, 0.15) is 17.5 Å². The van der Waals surface area contributed by atoms with Crippen LogP contribution in [0.15, 0.2) is 6.33 Å². The summed E-state index contributed by atoms with van der Waals surface area (Å²) in [6.07, 6.45) is -0.966. The fraction of sp³-hybridized carbons (Fsp3) is 0.545. The molecule has 2 aromatic heterocycles. The molecule has 2 aromatic rings. The van der Waals surface area contributed by atoms with Crippen molar-refractivity contribution in [2.24, 2.45) is 0 Å². The number of hydrogen-bond acceptors (Lipinski definition) is 6. The average Bonchev–Trinajstić information content (AvgIpc) is 2.92. The molecular weight excluding hydrogens is 253 g/mol. The number of nitrogen functional groups attached to an aromatic ring is 1. The Balaban J connectivity index is 2.06. The quantitative estimate of drug-likeness (QED) is 0.813. The minimum Gasteiger partial charge on any atom is -0.394 e. The summed E-state index contributed by atoms with van der Waals surface area (Å²) in [6.45, 7) is 1.49. The molecule has 0 spiro atoms. The minimum absolute atomic E-state index is 0.153. The first-order valence-electron chi connectivity index (χ1n) is 5.97. The molecule has 0 amide bonds. The van der Waals surface area contributed by atoms with Gasteiger partial charge < -0.3 is 15.6 Å². The molecule has 0 bridgehead atoms. The molecule has 0 aromatic carbocycles. The number of anilines is 1. The number of fused-ring (bicyclic) bond motifs is 1. The van der Waals surface area contributed by atoms with E-state index in [2.05, 4.69) is 15.0 Å². The van der Waals surface area contributed by atoms with Gasteiger partial charge in [0.15, 0.2) is 17.7 Å². The van der Waals surface area contributed by atoms with Gasteiger partial charge in [0.25, 0.3) is 0 Å². The Labute approximate surface area is 108 Å². The molecule has 19 heavy (non-hydrogen) atoms. The summed E-state index contributed by atoms with van der Waals surface area (Å²) in [5.41, 5.74) is 6.62. The average molecular weight is 267 g/mol. The number of hydrogen-bond donors (Lipinski definition) is 2. The van der Waals surface area contributed by atoms with E-state index in [-0.39, 0.29) is 18.8 Å². The number of imidazole rings is 1. The van der Waals surface area contributed by atoms with Crippen LogP contribution in [0.3, 0.4) is 0 Å². The second kappa shape index (κ2) is 4.39. The summed E-state index contributed by atoms with van der Waals surface area (Å²) < 4.78 is 20.9. The highest BCUT2D eigenvalue weighted by Gasteiger charge is 2.37. The number of aromatic nitrogens is 4. The lowest BCUT2D eigenvalue weighted by Gasteiger charge is -2.15. The molecule has 3 atom stereocenters. The molecule has 3 N–H and O–H groups in total. The minimum atomic E-state index is -1.22. The fourth-order valence-electron chi connectivity index (χ4n) is 2.30. The molecule has 1 saturated heterocycles. The topological polar surface area (TPSA) is 99.1 Å². The number of aliphatic hydroxyl groups excluding tert-OH is 1. The largest absolute Gasteiger partial charge is 0.394 e. The van der Waals surface area contributed by atoms with Gasteiger partial charge in [-0.25, -0.2) is 19.3 Å². The Bertz CT molecular complexity index is 616.